The first-order chi connectivity index (χ1) is 12.7. The summed E-state index contributed by atoms with van der Waals surface area (Å²) in [6.07, 6.45) is 0.786. The van der Waals surface area contributed by atoms with E-state index in [1.807, 2.05) is 27.7 Å². The fourth-order valence-corrected chi connectivity index (χ4v) is 3.40. The predicted molar refractivity (Wildman–Crippen MR) is 98.7 cm³/mol. The van der Waals surface area contributed by atoms with Crippen LogP contribution in [-0.2, 0) is 28.5 Å². The molecule has 2 rings (SSSR count). The third kappa shape index (κ3) is 5.09. The van der Waals surface area contributed by atoms with Gasteiger partial charge < -0.3 is 28.8 Å². The van der Waals surface area contributed by atoms with E-state index in [0.29, 0.717) is 37.7 Å². The van der Waals surface area contributed by atoms with Gasteiger partial charge >= 0.3 is 5.97 Å². The first-order valence-electron chi connectivity index (χ1n) is 9.95. The van der Waals surface area contributed by atoms with Crippen molar-refractivity contribution in [1.29, 1.82) is 0 Å². The van der Waals surface area contributed by atoms with Crippen molar-refractivity contribution in [3.8, 4) is 0 Å². The minimum Gasteiger partial charge on any atom is -0.460 e. The number of hydrogen-bond donors (Lipinski definition) is 1. The maximum Gasteiger partial charge on any atom is 0.333 e. The van der Waals surface area contributed by atoms with Crippen molar-refractivity contribution in [2.45, 2.75) is 103 Å². The number of carbonyl (C=O) groups is 1. The molecule has 0 bridgehead atoms. The topological polar surface area (TPSA) is 83.5 Å². The fraction of sp³-hybridized carbons (Fsp3) is 0.850. The summed E-state index contributed by atoms with van der Waals surface area (Å²) in [7, 11) is 0. The molecule has 4 atom stereocenters. The van der Waals surface area contributed by atoms with Crippen molar-refractivity contribution in [1.82, 2.24) is 0 Å². The zero-order chi connectivity index (χ0) is 20.2. The molecular formula is C20H34O7. The van der Waals surface area contributed by atoms with Crippen LogP contribution in [0.2, 0.25) is 0 Å². The second kappa shape index (κ2) is 9.01. The van der Waals surface area contributed by atoms with Gasteiger partial charge in [-0.3, -0.25) is 0 Å². The van der Waals surface area contributed by atoms with Crippen molar-refractivity contribution in [2.24, 2.45) is 0 Å². The molecule has 0 amide bonds. The maximum atomic E-state index is 11.7. The first-order valence-corrected chi connectivity index (χ1v) is 9.95. The van der Waals surface area contributed by atoms with Crippen LogP contribution in [0, 0.1) is 0 Å². The highest BCUT2D eigenvalue weighted by molar-refractivity contribution is 5.86. The van der Waals surface area contributed by atoms with E-state index < -0.39 is 42.1 Å². The molecule has 27 heavy (non-hydrogen) atoms. The van der Waals surface area contributed by atoms with Crippen molar-refractivity contribution < 1.29 is 33.6 Å². The number of carbonyl (C=O) groups excluding carboxylic acids is 1. The van der Waals surface area contributed by atoms with Gasteiger partial charge in [-0.2, -0.15) is 0 Å². The molecule has 7 heteroatoms. The van der Waals surface area contributed by atoms with Gasteiger partial charge in [0, 0.05) is 12.0 Å². The molecule has 2 aliphatic heterocycles. The van der Waals surface area contributed by atoms with Crippen molar-refractivity contribution in [3.63, 3.8) is 0 Å². The highest BCUT2D eigenvalue weighted by Crippen LogP contribution is 2.42. The summed E-state index contributed by atoms with van der Waals surface area (Å²) in [4.78, 5) is 11.7. The number of esters is 1. The standard InChI is InChI=1S/C20H34O7/c1-7-19(22,8-2)25-15-11-14(12-23-17(21)13(5)6)24-18-16(15)26-20(9-3,10-4)27-18/h14-16,18,22H,5,7-12H2,1-4,6H3. The second-order valence-electron chi connectivity index (χ2n) is 7.37. The number of aliphatic hydroxyl groups is 1. The Morgan fingerprint density at radius 3 is 2.37 bits per heavy atom. The van der Waals surface area contributed by atoms with Gasteiger partial charge in [-0.05, 0) is 32.6 Å². The quantitative estimate of drug-likeness (QED) is 0.370. The van der Waals surface area contributed by atoms with Gasteiger partial charge in [0.2, 0.25) is 0 Å². The van der Waals surface area contributed by atoms with E-state index in [9.17, 15) is 9.90 Å². The first kappa shape index (κ1) is 22.3. The van der Waals surface area contributed by atoms with Crippen molar-refractivity contribution in [3.05, 3.63) is 12.2 Å². The van der Waals surface area contributed by atoms with Crippen LogP contribution in [0.5, 0.6) is 0 Å². The molecule has 0 aromatic carbocycles. The Kier molecular flexibility index (Phi) is 7.44. The van der Waals surface area contributed by atoms with Crippen LogP contribution in [0.4, 0.5) is 0 Å². The molecule has 4 unspecified atom stereocenters. The number of hydrogen-bond acceptors (Lipinski definition) is 7. The van der Waals surface area contributed by atoms with E-state index in [-0.39, 0.29) is 6.61 Å². The van der Waals surface area contributed by atoms with Gasteiger partial charge in [-0.1, -0.05) is 34.3 Å². The minimum absolute atomic E-state index is 0.0695. The largest absolute Gasteiger partial charge is 0.460 e. The summed E-state index contributed by atoms with van der Waals surface area (Å²) in [6, 6.07) is 0. The Labute approximate surface area is 161 Å². The molecule has 1 N–H and O–H groups in total. The highest BCUT2D eigenvalue weighted by atomic mass is 16.8. The molecule has 0 aromatic heterocycles. The van der Waals surface area contributed by atoms with Crippen molar-refractivity contribution in [2.75, 3.05) is 6.61 Å². The molecule has 0 saturated carbocycles. The van der Waals surface area contributed by atoms with E-state index in [4.69, 9.17) is 23.7 Å². The van der Waals surface area contributed by atoms with Gasteiger partial charge in [0.1, 0.15) is 12.7 Å². The fourth-order valence-electron chi connectivity index (χ4n) is 3.40. The van der Waals surface area contributed by atoms with Crippen molar-refractivity contribution >= 4 is 5.97 Å². The monoisotopic (exact) mass is 386 g/mol. The molecule has 2 aliphatic rings. The van der Waals surface area contributed by atoms with Crippen LogP contribution in [-0.4, -0.2) is 53.9 Å². The molecule has 0 spiro atoms. The molecule has 0 aromatic rings. The van der Waals surface area contributed by atoms with Crippen LogP contribution in [0.25, 0.3) is 0 Å². The third-order valence-corrected chi connectivity index (χ3v) is 5.44. The van der Waals surface area contributed by atoms with Crippen LogP contribution >= 0.6 is 0 Å². The number of rotatable bonds is 9. The molecule has 0 aliphatic carbocycles. The lowest BCUT2D eigenvalue weighted by Crippen LogP contribution is -2.52. The molecule has 2 saturated heterocycles. The summed E-state index contributed by atoms with van der Waals surface area (Å²) < 4.78 is 29.6. The van der Waals surface area contributed by atoms with E-state index >= 15 is 0 Å². The van der Waals surface area contributed by atoms with E-state index in [0.717, 1.165) is 0 Å². The Hall–Kier alpha value is -0.990. The number of ether oxygens (including phenoxy) is 5. The van der Waals surface area contributed by atoms with Gasteiger partial charge in [0.15, 0.2) is 17.9 Å². The minimum atomic E-state index is -1.24. The van der Waals surface area contributed by atoms with Gasteiger partial charge in [-0.15, -0.1) is 0 Å². The van der Waals surface area contributed by atoms with E-state index in [2.05, 4.69) is 6.58 Å². The van der Waals surface area contributed by atoms with Gasteiger partial charge in [0.05, 0.1) is 12.2 Å². The van der Waals surface area contributed by atoms with Gasteiger partial charge in [-0.25, -0.2) is 4.79 Å². The summed E-state index contributed by atoms with van der Waals surface area (Å²) >= 11 is 0. The third-order valence-electron chi connectivity index (χ3n) is 5.44. The van der Waals surface area contributed by atoms with E-state index in [1.54, 1.807) is 6.92 Å². The Morgan fingerprint density at radius 2 is 1.85 bits per heavy atom. The zero-order valence-electron chi connectivity index (χ0n) is 17.2. The molecule has 2 heterocycles. The highest BCUT2D eigenvalue weighted by Gasteiger charge is 2.54. The lowest BCUT2D eigenvalue weighted by atomic mass is 10.0. The molecule has 0 radical (unpaired) electrons. The number of fused-ring (bicyclic) bond motifs is 1. The lowest BCUT2D eigenvalue weighted by molar-refractivity contribution is -0.288. The average molecular weight is 386 g/mol. The van der Waals surface area contributed by atoms with Crippen LogP contribution in [0.1, 0.15) is 66.7 Å². The summed E-state index contributed by atoms with van der Waals surface area (Å²) in [5, 5.41) is 10.7. The normalized spacial score (nSPS) is 30.0. The maximum absolute atomic E-state index is 11.7. The second-order valence-corrected chi connectivity index (χ2v) is 7.37. The lowest BCUT2D eigenvalue weighted by Gasteiger charge is -2.40. The van der Waals surface area contributed by atoms with Crippen LogP contribution in [0.3, 0.4) is 0 Å². The zero-order valence-corrected chi connectivity index (χ0v) is 17.2. The Morgan fingerprint density at radius 1 is 1.22 bits per heavy atom. The summed E-state index contributed by atoms with van der Waals surface area (Å²) in [5.41, 5.74) is 0.333. The predicted octanol–water partition coefficient (Wildman–Crippen LogP) is 3.05. The SMILES string of the molecule is C=C(C)C(=O)OCC1CC(OC(O)(CC)CC)C2OC(CC)(CC)OC2O1. The Bertz CT molecular complexity index is 524. The molecular weight excluding hydrogens is 352 g/mol. The van der Waals surface area contributed by atoms with Crippen LogP contribution < -0.4 is 0 Å². The molecule has 2 fully saturated rings. The van der Waals surface area contributed by atoms with Gasteiger partial charge in [0.25, 0.3) is 0 Å². The summed E-state index contributed by atoms with van der Waals surface area (Å²) in [6.45, 7) is 13.0. The van der Waals surface area contributed by atoms with E-state index in [1.165, 1.54) is 0 Å². The average Bonchev–Trinajstić information content (AvgIpc) is 3.05. The summed E-state index contributed by atoms with van der Waals surface area (Å²) in [5.74, 6) is -2.42. The van der Waals surface area contributed by atoms with Crippen LogP contribution in [0.15, 0.2) is 12.2 Å². The molecule has 156 valence electrons. The smallest absolute Gasteiger partial charge is 0.333 e. The Balaban J connectivity index is 2.15. The molecule has 7 nitrogen and oxygen atoms in total.